The molecule has 3 rings (SSSR count). The van der Waals surface area contributed by atoms with Crippen molar-refractivity contribution in [3.05, 3.63) is 28.1 Å². The van der Waals surface area contributed by atoms with Crippen LogP contribution in [0.3, 0.4) is 0 Å². The molecule has 2 aromatic rings. The van der Waals surface area contributed by atoms with E-state index in [9.17, 15) is 10.1 Å². The molecule has 0 radical (unpaired) electrons. The molecule has 8 heteroatoms. The summed E-state index contributed by atoms with van der Waals surface area (Å²) in [7, 11) is 0. The van der Waals surface area contributed by atoms with Gasteiger partial charge in [-0.15, -0.1) is 0 Å². The van der Waals surface area contributed by atoms with E-state index in [-0.39, 0.29) is 11.3 Å². The first-order valence-electron chi connectivity index (χ1n) is 6.13. The second kappa shape index (κ2) is 4.47. The number of rotatable bonds is 3. The summed E-state index contributed by atoms with van der Waals surface area (Å²) < 4.78 is 1.30. The average molecular weight is 262 g/mol. The molecule has 0 unspecified atom stereocenters. The average Bonchev–Trinajstić information content (AvgIpc) is 2.97. The standard InChI is InChI=1S/C11H14N6O2/c12-10-4-8(3-7-1-2-13-5-7)15-11-9(17(18)19)6-14-16(10)11/h4,6-7,13H,1-3,5,12H2/t7-/m1/s1. The van der Waals surface area contributed by atoms with Crippen LogP contribution in [0.15, 0.2) is 12.3 Å². The Kier molecular flexibility index (Phi) is 2.79. The van der Waals surface area contributed by atoms with Gasteiger partial charge in [-0.25, -0.2) is 4.98 Å². The fraction of sp³-hybridized carbons (Fsp3) is 0.455. The van der Waals surface area contributed by atoms with Crippen LogP contribution in [-0.2, 0) is 6.42 Å². The summed E-state index contributed by atoms with van der Waals surface area (Å²) in [6.07, 6.45) is 3.05. The molecule has 0 aliphatic carbocycles. The Hall–Kier alpha value is -2.22. The zero-order valence-electron chi connectivity index (χ0n) is 10.2. The third-order valence-corrected chi connectivity index (χ3v) is 3.39. The lowest BCUT2D eigenvalue weighted by Crippen LogP contribution is -2.12. The third-order valence-electron chi connectivity index (χ3n) is 3.39. The maximum Gasteiger partial charge on any atom is 0.333 e. The van der Waals surface area contributed by atoms with Crippen molar-refractivity contribution in [1.29, 1.82) is 0 Å². The summed E-state index contributed by atoms with van der Waals surface area (Å²) in [6.45, 7) is 1.96. The van der Waals surface area contributed by atoms with Crippen LogP contribution in [0.25, 0.3) is 5.65 Å². The zero-order chi connectivity index (χ0) is 13.4. The lowest BCUT2D eigenvalue weighted by Gasteiger charge is -2.08. The van der Waals surface area contributed by atoms with E-state index in [4.69, 9.17) is 5.73 Å². The molecule has 3 heterocycles. The number of hydrogen-bond donors (Lipinski definition) is 2. The van der Waals surface area contributed by atoms with E-state index in [1.54, 1.807) is 6.07 Å². The van der Waals surface area contributed by atoms with Crippen molar-refractivity contribution in [2.24, 2.45) is 5.92 Å². The van der Waals surface area contributed by atoms with Gasteiger partial charge < -0.3 is 11.1 Å². The highest BCUT2D eigenvalue weighted by molar-refractivity contribution is 5.61. The number of nitrogens with one attached hydrogen (secondary N) is 1. The number of fused-ring (bicyclic) bond motifs is 1. The molecule has 19 heavy (non-hydrogen) atoms. The zero-order valence-corrected chi connectivity index (χ0v) is 10.2. The quantitative estimate of drug-likeness (QED) is 0.610. The fourth-order valence-corrected chi connectivity index (χ4v) is 2.44. The number of hydrogen-bond acceptors (Lipinski definition) is 6. The molecular formula is C11H14N6O2. The summed E-state index contributed by atoms with van der Waals surface area (Å²) in [5, 5.41) is 18.1. The van der Waals surface area contributed by atoms with Crippen LogP contribution in [0.4, 0.5) is 11.5 Å². The van der Waals surface area contributed by atoms with Gasteiger partial charge in [0, 0.05) is 11.8 Å². The molecule has 1 fully saturated rings. The van der Waals surface area contributed by atoms with E-state index in [0.29, 0.717) is 11.7 Å². The topological polar surface area (TPSA) is 111 Å². The predicted octanol–water partition coefficient (Wildman–Crippen LogP) is 0.372. The van der Waals surface area contributed by atoms with Gasteiger partial charge in [0.1, 0.15) is 12.0 Å². The van der Waals surface area contributed by atoms with Gasteiger partial charge in [0.25, 0.3) is 0 Å². The van der Waals surface area contributed by atoms with E-state index in [0.717, 1.165) is 31.6 Å². The Morgan fingerprint density at radius 1 is 1.63 bits per heavy atom. The highest BCUT2D eigenvalue weighted by atomic mass is 16.6. The molecule has 8 nitrogen and oxygen atoms in total. The number of nitrogens with zero attached hydrogens (tertiary/aromatic N) is 4. The van der Waals surface area contributed by atoms with Crippen molar-refractivity contribution in [3.8, 4) is 0 Å². The summed E-state index contributed by atoms with van der Waals surface area (Å²) >= 11 is 0. The largest absolute Gasteiger partial charge is 0.384 e. The van der Waals surface area contributed by atoms with Crippen LogP contribution in [0.1, 0.15) is 12.1 Å². The fourth-order valence-electron chi connectivity index (χ4n) is 2.44. The lowest BCUT2D eigenvalue weighted by molar-refractivity contribution is -0.383. The normalized spacial score (nSPS) is 19.1. The number of nitrogens with two attached hydrogens (primary N) is 1. The van der Waals surface area contributed by atoms with Crippen LogP contribution in [0.2, 0.25) is 0 Å². The van der Waals surface area contributed by atoms with Gasteiger partial charge in [0.15, 0.2) is 0 Å². The molecule has 0 saturated carbocycles. The molecule has 3 N–H and O–H groups in total. The first kappa shape index (κ1) is 11.8. The summed E-state index contributed by atoms with van der Waals surface area (Å²) in [6, 6.07) is 1.74. The Morgan fingerprint density at radius 3 is 3.16 bits per heavy atom. The molecule has 1 aliphatic heterocycles. The highest BCUT2D eigenvalue weighted by Gasteiger charge is 2.21. The minimum absolute atomic E-state index is 0.113. The van der Waals surface area contributed by atoms with Gasteiger partial charge >= 0.3 is 5.69 Å². The summed E-state index contributed by atoms with van der Waals surface area (Å²) in [5.74, 6) is 0.885. The molecular weight excluding hydrogens is 248 g/mol. The van der Waals surface area contributed by atoms with Gasteiger partial charge in [-0.1, -0.05) is 0 Å². The highest BCUT2D eigenvalue weighted by Crippen LogP contribution is 2.22. The summed E-state index contributed by atoms with van der Waals surface area (Å²) in [4.78, 5) is 14.7. The Balaban J connectivity index is 2.01. The van der Waals surface area contributed by atoms with E-state index in [1.807, 2.05) is 0 Å². The molecule has 1 aliphatic rings. The van der Waals surface area contributed by atoms with Crippen molar-refractivity contribution < 1.29 is 4.92 Å². The van der Waals surface area contributed by atoms with Crippen LogP contribution in [0.5, 0.6) is 0 Å². The first-order valence-corrected chi connectivity index (χ1v) is 6.13. The van der Waals surface area contributed by atoms with Crippen molar-refractivity contribution in [1.82, 2.24) is 19.9 Å². The third kappa shape index (κ3) is 2.10. The Labute approximate surface area is 108 Å². The van der Waals surface area contributed by atoms with Gasteiger partial charge in [-0.3, -0.25) is 10.1 Å². The minimum atomic E-state index is -0.490. The smallest absolute Gasteiger partial charge is 0.333 e. The van der Waals surface area contributed by atoms with E-state index in [2.05, 4.69) is 15.4 Å². The predicted molar refractivity (Wildman–Crippen MR) is 68.7 cm³/mol. The number of aromatic nitrogens is 3. The second-order valence-electron chi connectivity index (χ2n) is 4.76. The van der Waals surface area contributed by atoms with Gasteiger partial charge in [-0.2, -0.15) is 9.61 Å². The maximum absolute atomic E-state index is 10.9. The van der Waals surface area contributed by atoms with E-state index < -0.39 is 4.92 Å². The molecule has 0 spiro atoms. The van der Waals surface area contributed by atoms with Crippen LogP contribution < -0.4 is 11.1 Å². The van der Waals surface area contributed by atoms with Crippen molar-refractivity contribution in [3.63, 3.8) is 0 Å². The van der Waals surface area contributed by atoms with Crippen molar-refractivity contribution >= 4 is 17.2 Å². The number of nitro groups is 1. The van der Waals surface area contributed by atoms with Crippen molar-refractivity contribution in [2.75, 3.05) is 18.8 Å². The van der Waals surface area contributed by atoms with Crippen LogP contribution >= 0.6 is 0 Å². The van der Waals surface area contributed by atoms with E-state index >= 15 is 0 Å². The maximum atomic E-state index is 10.9. The minimum Gasteiger partial charge on any atom is -0.384 e. The monoisotopic (exact) mass is 262 g/mol. The molecule has 0 bridgehead atoms. The van der Waals surface area contributed by atoms with Crippen LogP contribution in [0, 0.1) is 16.0 Å². The first-order chi connectivity index (χ1) is 9.15. The molecule has 100 valence electrons. The number of anilines is 1. The van der Waals surface area contributed by atoms with Gasteiger partial charge in [0.2, 0.25) is 5.65 Å². The molecule has 0 aromatic carbocycles. The molecule has 2 aromatic heterocycles. The second-order valence-corrected chi connectivity index (χ2v) is 4.76. The molecule has 0 amide bonds. The Morgan fingerprint density at radius 2 is 2.47 bits per heavy atom. The summed E-state index contributed by atoms with van der Waals surface area (Å²) in [5.41, 5.74) is 6.75. The SMILES string of the molecule is Nc1cc(C[C@H]2CCNC2)nc2c([N+](=O)[O-])cnn12. The molecule has 1 atom stereocenters. The molecule has 1 saturated heterocycles. The van der Waals surface area contributed by atoms with Crippen molar-refractivity contribution in [2.45, 2.75) is 12.8 Å². The van der Waals surface area contributed by atoms with Crippen LogP contribution in [-0.4, -0.2) is 32.6 Å². The van der Waals surface area contributed by atoms with Gasteiger partial charge in [0.05, 0.1) is 4.92 Å². The Bertz CT molecular complexity index is 631. The number of nitrogen functional groups attached to an aromatic ring is 1. The lowest BCUT2D eigenvalue weighted by atomic mass is 10.0. The van der Waals surface area contributed by atoms with E-state index in [1.165, 1.54) is 10.7 Å². The van der Waals surface area contributed by atoms with Gasteiger partial charge in [-0.05, 0) is 31.8 Å².